The molecule has 1 aliphatic heterocycles. The Kier molecular flexibility index (Phi) is 6.08. The van der Waals surface area contributed by atoms with Gasteiger partial charge in [0.15, 0.2) is 0 Å². The van der Waals surface area contributed by atoms with Gasteiger partial charge < -0.3 is 15.3 Å². The predicted molar refractivity (Wildman–Crippen MR) is 92.9 cm³/mol. The first kappa shape index (κ1) is 16.8. The smallest absolute Gasteiger partial charge is 0.0541 e. The van der Waals surface area contributed by atoms with E-state index in [9.17, 15) is 5.11 Å². The summed E-state index contributed by atoms with van der Waals surface area (Å²) in [7, 11) is 0. The summed E-state index contributed by atoms with van der Waals surface area (Å²) in [6, 6.07) is 7.04. The summed E-state index contributed by atoms with van der Waals surface area (Å²) < 4.78 is 1.17. The van der Waals surface area contributed by atoms with Gasteiger partial charge in [0, 0.05) is 23.6 Å². The van der Waals surface area contributed by atoms with Gasteiger partial charge in [-0.05, 0) is 72.8 Å². The van der Waals surface area contributed by atoms with Crippen LogP contribution in [0.4, 0.5) is 5.69 Å². The molecule has 21 heavy (non-hydrogen) atoms. The van der Waals surface area contributed by atoms with Gasteiger partial charge in [-0.2, -0.15) is 0 Å². The summed E-state index contributed by atoms with van der Waals surface area (Å²) in [5.74, 6) is 0.452. The Morgan fingerprint density at radius 1 is 1.33 bits per heavy atom. The Morgan fingerprint density at radius 2 is 2.00 bits per heavy atom. The number of nitrogens with zero attached hydrogens (tertiary/aromatic N) is 1. The molecule has 1 aromatic carbocycles. The molecule has 1 fully saturated rings. The summed E-state index contributed by atoms with van der Waals surface area (Å²) in [6.07, 6.45) is 1.96. The van der Waals surface area contributed by atoms with Gasteiger partial charge in [0.1, 0.15) is 0 Å². The number of aliphatic hydroxyl groups excluding tert-OH is 1. The van der Waals surface area contributed by atoms with Gasteiger partial charge in [0.05, 0.1) is 11.8 Å². The maximum absolute atomic E-state index is 9.70. The van der Waals surface area contributed by atoms with E-state index in [4.69, 9.17) is 0 Å². The fourth-order valence-electron chi connectivity index (χ4n) is 3.10. The average molecular weight is 355 g/mol. The Morgan fingerprint density at radius 3 is 2.52 bits per heavy atom. The van der Waals surface area contributed by atoms with Crippen LogP contribution in [0.1, 0.15) is 45.2 Å². The zero-order valence-corrected chi connectivity index (χ0v) is 14.9. The van der Waals surface area contributed by atoms with Crippen molar-refractivity contribution in [1.82, 2.24) is 5.32 Å². The minimum Gasteiger partial charge on any atom is -0.393 e. The first-order chi connectivity index (χ1) is 10.0. The number of halogens is 1. The highest BCUT2D eigenvalue weighted by molar-refractivity contribution is 9.10. The lowest BCUT2D eigenvalue weighted by Crippen LogP contribution is -2.37. The highest BCUT2D eigenvalue weighted by atomic mass is 79.9. The van der Waals surface area contributed by atoms with Crippen LogP contribution in [0.15, 0.2) is 22.7 Å². The molecule has 0 spiro atoms. The molecule has 4 heteroatoms. The number of piperidine rings is 1. The lowest BCUT2D eigenvalue weighted by Gasteiger charge is -2.35. The summed E-state index contributed by atoms with van der Waals surface area (Å²) in [4.78, 5) is 2.42. The molecule has 1 saturated heterocycles. The first-order valence-electron chi connectivity index (χ1n) is 7.98. The Hall–Kier alpha value is -0.580. The summed E-state index contributed by atoms with van der Waals surface area (Å²) in [5, 5.41) is 13.1. The van der Waals surface area contributed by atoms with E-state index in [1.54, 1.807) is 0 Å². The van der Waals surface area contributed by atoms with E-state index < -0.39 is 0 Å². The topological polar surface area (TPSA) is 35.5 Å². The molecule has 1 aliphatic rings. The molecule has 2 rings (SSSR count). The molecule has 2 unspecified atom stereocenters. The number of rotatable bonds is 5. The van der Waals surface area contributed by atoms with Crippen molar-refractivity contribution in [2.45, 2.75) is 45.8 Å². The van der Waals surface area contributed by atoms with Gasteiger partial charge in [-0.25, -0.2) is 0 Å². The largest absolute Gasteiger partial charge is 0.393 e. The predicted octanol–water partition coefficient (Wildman–Crippen LogP) is 3.72. The van der Waals surface area contributed by atoms with Crippen LogP contribution in [0.25, 0.3) is 0 Å². The fraction of sp³-hybridized carbons (Fsp3) is 0.647. The summed E-state index contributed by atoms with van der Waals surface area (Å²) in [5.41, 5.74) is 2.58. The van der Waals surface area contributed by atoms with E-state index in [2.05, 4.69) is 58.2 Å². The molecule has 3 nitrogen and oxygen atoms in total. The van der Waals surface area contributed by atoms with Crippen LogP contribution < -0.4 is 10.2 Å². The van der Waals surface area contributed by atoms with Crippen molar-refractivity contribution in [3.05, 3.63) is 28.2 Å². The van der Waals surface area contributed by atoms with Crippen molar-refractivity contribution in [2.24, 2.45) is 5.92 Å². The third-order valence-corrected chi connectivity index (χ3v) is 5.18. The van der Waals surface area contributed by atoms with Crippen LogP contribution >= 0.6 is 15.9 Å². The van der Waals surface area contributed by atoms with E-state index in [1.807, 2.05) is 6.92 Å². The van der Waals surface area contributed by atoms with E-state index in [0.29, 0.717) is 12.0 Å². The number of aliphatic hydroxyl groups is 1. The van der Waals surface area contributed by atoms with Crippen LogP contribution in [0.3, 0.4) is 0 Å². The van der Waals surface area contributed by atoms with E-state index in [-0.39, 0.29) is 6.10 Å². The number of hydrogen-bond acceptors (Lipinski definition) is 3. The quantitative estimate of drug-likeness (QED) is 0.845. The Balaban J connectivity index is 2.05. The average Bonchev–Trinajstić information content (AvgIpc) is 2.47. The SMILES string of the molecule is CCNC(C)c1ccc(N2CCC(C(C)O)CC2)c(Br)c1. The van der Waals surface area contributed by atoms with Crippen molar-refractivity contribution >= 4 is 21.6 Å². The Labute approximate surface area is 136 Å². The lowest BCUT2D eigenvalue weighted by molar-refractivity contribution is 0.110. The second-order valence-electron chi connectivity index (χ2n) is 6.06. The van der Waals surface area contributed by atoms with Gasteiger partial charge in [0.25, 0.3) is 0 Å². The highest BCUT2D eigenvalue weighted by Crippen LogP contribution is 2.32. The number of benzene rings is 1. The van der Waals surface area contributed by atoms with Crippen molar-refractivity contribution < 1.29 is 5.11 Å². The van der Waals surface area contributed by atoms with Crippen LogP contribution in [0.5, 0.6) is 0 Å². The molecular weight excluding hydrogens is 328 g/mol. The third kappa shape index (κ3) is 4.21. The molecule has 118 valence electrons. The normalized spacial score (nSPS) is 19.6. The maximum Gasteiger partial charge on any atom is 0.0541 e. The highest BCUT2D eigenvalue weighted by Gasteiger charge is 2.23. The second-order valence-corrected chi connectivity index (χ2v) is 6.91. The number of hydrogen-bond donors (Lipinski definition) is 2. The zero-order valence-electron chi connectivity index (χ0n) is 13.3. The van der Waals surface area contributed by atoms with Crippen molar-refractivity contribution in [3.8, 4) is 0 Å². The molecule has 0 radical (unpaired) electrons. The van der Waals surface area contributed by atoms with E-state index >= 15 is 0 Å². The summed E-state index contributed by atoms with van der Waals surface area (Å²) >= 11 is 3.73. The van der Waals surface area contributed by atoms with Crippen molar-refractivity contribution in [3.63, 3.8) is 0 Å². The van der Waals surface area contributed by atoms with Crippen LogP contribution in [-0.2, 0) is 0 Å². The molecule has 0 bridgehead atoms. The lowest BCUT2D eigenvalue weighted by atomic mass is 9.92. The van der Waals surface area contributed by atoms with E-state index in [0.717, 1.165) is 32.5 Å². The van der Waals surface area contributed by atoms with Gasteiger partial charge in [-0.3, -0.25) is 0 Å². The fourth-order valence-corrected chi connectivity index (χ4v) is 3.74. The molecule has 0 saturated carbocycles. The monoisotopic (exact) mass is 354 g/mol. The molecule has 0 aliphatic carbocycles. The third-order valence-electron chi connectivity index (χ3n) is 4.54. The molecular formula is C17H27BrN2O. The standard InChI is InChI=1S/C17H27BrN2O/c1-4-19-12(2)15-5-6-17(16(18)11-15)20-9-7-14(8-10-20)13(3)21/h5-6,11-14,19,21H,4,7-10H2,1-3H3. The molecule has 1 aromatic rings. The van der Waals surface area contributed by atoms with Crippen LogP contribution in [0.2, 0.25) is 0 Å². The van der Waals surface area contributed by atoms with Crippen LogP contribution in [-0.4, -0.2) is 30.8 Å². The van der Waals surface area contributed by atoms with Crippen LogP contribution in [0, 0.1) is 5.92 Å². The molecule has 0 amide bonds. The van der Waals surface area contributed by atoms with Gasteiger partial charge in [-0.1, -0.05) is 13.0 Å². The van der Waals surface area contributed by atoms with Crippen molar-refractivity contribution in [2.75, 3.05) is 24.5 Å². The number of anilines is 1. The number of nitrogens with one attached hydrogen (secondary N) is 1. The van der Waals surface area contributed by atoms with E-state index in [1.165, 1.54) is 15.7 Å². The van der Waals surface area contributed by atoms with Gasteiger partial charge >= 0.3 is 0 Å². The first-order valence-corrected chi connectivity index (χ1v) is 8.78. The Bertz CT molecular complexity index is 456. The van der Waals surface area contributed by atoms with Crippen molar-refractivity contribution in [1.29, 1.82) is 0 Å². The molecule has 2 N–H and O–H groups in total. The molecule has 1 heterocycles. The second kappa shape index (κ2) is 7.61. The minimum absolute atomic E-state index is 0.182. The summed E-state index contributed by atoms with van der Waals surface area (Å²) in [6.45, 7) is 9.26. The zero-order chi connectivity index (χ0) is 15.4. The van der Waals surface area contributed by atoms with Gasteiger partial charge in [0.2, 0.25) is 0 Å². The van der Waals surface area contributed by atoms with Gasteiger partial charge in [-0.15, -0.1) is 0 Å². The molecule has 2 atom stereocenters. The maximum atomic E-state index is 9.70. The minimum atomic E-state index is -0.182. The molecule has 0 aromatic heterocycles.